The highest BCUT2D eigenvalue weighted by Gasteiger charge is 2.18. The quantitative estimate of drug-likeness (QED) is 0.525. The molecule has 0 aromatic heterocycles. The number of halogens is 1. The molecule has 0 radical (unpaired) electrons. The van der Waals surface area contributed by atoms with E-state index in [1.807, 2.05) is 0 Å². The number of anilines is 1. The van der Waals surface area contributed by atoms with Gasteiger partial charge in [-0.15, -0.1) is 0 Å². The zero-order valence-electron chi connectivity index (χ0n) is 11.9. The van der Waals surface area contributed by atoms with Crippen LogP contribution in [0.15, 0.2) is 42.5 Å². The van der Waals surface area contributed by atoms with Gasteiger partial charge in [-0.1, -0.05) is 23.7 Å². The minimum atomic E-state index is -0.671. The molecule has 8 heteroatoms. The van der Waals surface area contributed by atoms with E-state index in [0.29, 0.717) is 0 Å². The van der Waals surface area contributed by atoms with Gasteiger partial charge in [0.25, 0.3) is 11.6 Å². The average Bonchev–Trinajstić information content (AvgIpc) is 2.54. The third-order valence-corrected chi connectivity index (χ3v) is 3.32. The van der Waals surface area contributed by atoms with Gasteiger partial charge in [0.05, 0.1) is 33.9 Å². The molecule has 23 heavy (non-hydrogen) atoms. The van der Waals surface area contributed by atoms with Crippen LogP contribution in [0.3, 0.4) is 0 Å². The number of nitro groups is 1. The number of hydrogen-bond acceptors (Lipinski definition) is 5. The predicted molar refractivity (Wildman–Crippen MR) is 83.8 cm³/mol. The molecular formula is C15H11ClN2O5. The molecule has 0 heterocycles. The Morgan fingerprint density at radius 2 is 1.87 bits per heavy atom. The molecule has 0 bridgehead atoms. The number of nitrogens with one attached hydrogen (secondary N) is 1. The van der Waals surface area contributed by atoms with E-state index in [-0.39, 0.29) is 27.5 Å². The lowest BCUT2D eigenvalue weighted by Crippen LogP contribution is -2.16. The Morgan fingerprint density at radius 3 is 2.52 bits per heavy atom. The van der Waals surface area contributed by atoms with Gasteiger partial charge < -0.3 is 10.1 Å². The van der Waals surface area contributed by atoms with Crippen molar-refractivity contribution < 1.29 is 19.2 Å². The molecular weight excluding hydrogens is 324 g/mol. The van der Waals surface area contributed by atoms with Gasteiger partial charge in [-0.2, -0.15) is 0 Å². The number of nitro benzene ring substituents is 1. The van der Waals surface area contributed by atoms with Crippen LogP contribution in [0.2, 0.25) is 5.02 Å². The number of amides is 1. The summed E-state index contributed by atoms with van der Waals surface area (Å²) in [5.41, 5.74) is 0.0400. The van der Waals surface area contributed by atoms with Crippen LogP contribution in [0.25, 0.3) is 0 Å². The molecule has 0 unspecified atom stereocenters. The van der Waals surface area contributed by atoms with Gasteiger partial charge in [0.1, 0.15) is 0 Å². The van der Waals surface area contributed by atoms with Gasteiger partial charge in [0.2, 0.25) is 0 Å². The van der Waals surface area contributed by atoms with Crippen molar-refractivity contribution >= 4 is 34.9 Å². The van der Waals surface area contributed by atoms with Gasteiger partial charge >= 0.3 is 5.97 Å². The maximum absolute atomic E-state index is 12.3. The third-order valence-electron chi connectivity index (χ3n) is 2.99. The summed E-state index contributed by atoms with van der Waals surface area (Å²) in [6, 6.07) is 9.76. The van der Waals surface area contributed by atoms with Crippen molar-refractivity contribution in [1.82, 2.24) is 0 Å². The van der Waals surface area contributed by atoms with E-state index in [1.54, 1.807) is 12.1 Å². The zero-order valence-corrected chi connectivity index (χ0v) is 12.7. The summed E-state index contributed by atoms with van der Waals surface area (Å²) in [6.07, 6.45) is 0. The van der Waals surface area contributed by atoms with Crippen molar-refractivity contribution in [2.24, 2.45) is 0 Å². The SMILES string of the molecule is COC(=O)c1ccccc1NC(=O)c1cc([N+](=O)[O-])ccc1Cl. The number of benzene rings is 2. The molecule has 0 saturated carbocycles. The van der Waals surface area contributed by atoms with Gasteiger partial charge in [0, 0.05) is 12.1 Å². The number of para-hydroxylation sites is 1. The normalized spacial score (nSPS) is 10.0. The highest BCUT2D eigenvalue weighted by Crippen LogP contribution is 2.24. The molecule has 0 aliphatic rings. The average molecular weight is 335 g/mol. The molecule has 118 valence electrons. The van der Waals surface area contributed by atoms with Crippen molar-refractivity contribution in [3.8, 4) is 0 Å². The third kappa shape index (κ3) is 3.64. The molecule has 7 nitrogen and oxygen atoms in total. The molecule has 0 aliphatic carbocycles. The van der Waals surface area contributed by atoms with Crippen LogP contribution in [0.1, 0.15) is 20.7 Å². The Bertz CT molecular complexity index is 791. The number of nitrogens with zero attached hydrogens (tertiary/aromatic N) is 1. The Balaban J connectivity index is 2.35. The topological polar surface area (TPSA) is 98.5 Å². The molecule has 0 saturated heterocycles. The lowest BCUT2D eigenvalue weighted by molar-refractivity contribution is -0.384. The standard InChI is InChI=1S/C15H11ClN2O5/c1-23-15(20)10-4-2-3-5-13(10)17-14(19)11-8-9(18(21)22)6-7-12(11)16/h2-8H,1H3,(H,17,19). The van der Waals surface area contributed by atoms with E-state index < -0.39 is 16.8 Å². The van der Waals surface area contributed by atoms with E-state index in [9.17, 15) is 19.7 Å². The van der Waals surface area contributed by atoms with Crippen LogP contribution in [-0.2, 0) is 4.74 Å². The summed E-state index contributed by atoms with van der Waals surface area (Å²) in [5, 5.41) is 13.4. The number of non-ortho nitro benzene ring substituents is 1. The van der Waals surface area contributed by atoms with Gasteiger partial charge in [0.15, 0.2) is 0 Å². The van der Waals surface area contributed by atoms with Crippen molar-refractivity contribution in [3.63, 3.8) is 0 Å². The Hall–Kier alpha value is -2.93. The molecule has 0 aliphatic heterocycles. The van der Waals surface area contributed by atoms with Crippen LogP contribution in [-0.4, -0.2) is 23.9 Å². The first kappa shape index (κ1) is 16.4. The fourth-order valence-electron chi connectivity index (χ4n) is 1.87. The van der Waals surface area contributed by atoms with Crippen LogP contribution in [0.5, 0.6) is 0 Å². The minimum absolute atomic E-state index is 0.0589. The monoisotopic (exact) mass is 334 g/mol. The molecule has 0 fully saturated rings. The lowest BCUT2D eigenvalue weighted by atomic mass is 10.1. The van der Waals surface area contributed by atoms with E-state index >= 15 is 0 Å². The first-order valence-corrected chi connectivity index (χ1v) is 6.74. The highest BCUT2D eigenvalue weighted by atomic mass is 35.5. The van der Waals surface area contributed by atoms with Crippen molar-refractivity contribution in [3.05, 3.63) is 68.7 Å². The molecule has 2 rings (SSSR count). The molecule has 1 N–H and O–H groups in total. The van der Waals surface area contributed by atoms with Crippen LogP contribution < -0.4 is 5.32 Å². The fourth-order valence-corrected chi connectivity index (χ4v) is 2.07. The molecule has 0 spiro atoms. The summed E-state index contributed by atoms with van der Waals surface area (Å²) in [6.45, 7) is 0. The molecule has 0 atom stereocenters. The van der Waals surface area contributed by atoms with E-state index in [1.165, 1.54) is 31.4 Å². The number of carbonyl (C=O) groups excluding carboxylic acids is 2. The number of rotatable bonds is 4. The van der Waals surface area contributed by atoms with E-state index in [4.69, 9.17) is 11.6 Å². The Kier molecular flexibility index (Phi) is 4.92. The first-order valence-electron chi connectivity index (χ1n) is 6.36. The highest BCUT2D eigenvalue weighted by molar-refractivity contribution is 6.34. The lowest BCUT2D eigenvalue weighted by Gasteiger charge is -2.10. The maximum Gasteiger partial charge on any atom is 0.339 e. The summed E-state index contributed by atoms with van der Waals surface area (Å²) in [4.78, 5) is 34.1. The summed E-state index contributed by atoms with van der Waals surface area (Å²) in [5.74, 6) is -1.29. The van der Waals surface area contributed by atoms with E-state index in [2.05, 4.69) is 10.1 Å². The Morgan fingerprint density at radius 1 is 1.17 bits per heavy atom. The zero-order chi connectivity index (χ0) is 17.0. The fraction of sp³-hybridized carbons (Fsp3) is 0.0667. The van der Waals surface area contributed by atoms with Crippen molar-refractivity contribution in [2.45, 2.75) is 0 Å². The van der Waals surface area contributed by atoms with Crippen molar-refractivity contribution in [2.75, 3.05) is 12.4 Å². The summed E-state index contributed by atoms with van der Waals surface area (Å²) >= 11 is 5.92. The number of carbonyl (C=O) groups is 2. The minimum Gasteiger partial charge on any atom is -0.465 e. The van der Waals surface area contributed by atoms with Gasteiger partial charge in [-0.25, -0.2) is 4.79 Å². The molecule has 2 aromatic carbocycles. The van der Waals surface area contributed by atoms with Crippen LogP contribution in [0.4, 0.5) is 11.4 Å². The second kappa shape index (κ2) is 6.89. The number of esters is 1. The van der Waals surface area contributed by atoms with Gasteiger partial charge in [-0.3, -0.25) is 14.9 Å². The summed E-state index contributed by atoms with van der Waals surface area (Å²) < 4.78 is 4.63. The Labute approximate surface area is 136 Å². The van der Waals surface area contributed by atoms with E-state index in [0.717, 1.165) is 6.07 Å². The number of hydrogen-bond donors (Lipinski definition) is 1. The maximum atomic E-state index is 12.3. The molecule has 1 amide bonds. The second-order valence-corrected chi connectivity index (χ2v) is 4.82. The van der Waals surface area contributed by atoms with Crippen LogP contribution in [0, 0.1) is 10.1 Å². The van der Waals surface area contributed by atoms with Gasteiger partial charge in [-0.05, 0) is 18.2 Å². The number of methoxy groups -OCH3 is 1. The summed E-state index contributed by atoms with van der Waals surface area (Å²) in [7, 11) is 1.22. The second-order valence-electron chi connectivity index (χ2n) is 4.41. The van der Waals surface area contributed by atoms with Crippen LogP contribution >= 0.6 is 11.6 Å². The smallest absolute Gasteiger partial charge is 0.339 e. The predicted octanol–water partition coefficient (Wildman–Crippen LogP) is 3.29. The first-order chi connectivity index (χ1) is 10.9. The number of ether oxygens (including phenoxy) is 1. The molecule has 2 aromatic rings. The van der Waals surface area contributed by atoms with Crippen molar-refractivity contribution in [1.29, 1.82) is 0 Å². The largest absolute Gasteiger partial charge is 0.465 e.